The molecule has 0 saturated carbocycles. The van der Waals surface area contributed by atoms with Gasteiger partial charge >= 0.3 is 0 Å². The highest BCUT2D eigenvalue weighted by Crippen LogP contribution is 2.33. The molecule has 0 unspecified atom stereocenters. The second-order valence-corrected chi connectivity index (χ2v) is 6.31. The minimum Gasteiger partial charge on any atom is -0.497 e. The number of carbonyl (C=O) groups excluding carboxylic acids is 2. The Morgan fingerprint density at radius 1 is 1.08 bits per heavy atom. The highest BCUT2D eigenvalue weighted by atomic mass is 32.1. The summed E-state index contributed by atoms with van der Waals surface area (Å²) in [7, 11) is 4.59. The van der Waals surface area contributed by atoms with E-state index in [2.05, 4.69) is 10.6 Å². The highest BCUT2D eigenvalue weighted by molar-refractivity contribution is 7.16. The van der Waals surface area contributed by atoms with E-state index in [1.165, 1.54) is 18.4 Å². The Bertz CT molecular complexity index is 783. The fourth-order valence-electron chi connectivity index (χ4n) is 2.27. The Balaban J connectivity index is 2.37. The summed E-state index contributed by atoms with van der Waals surface area (Å²) in [6, 6.07) is 4.95. The summed E-state index contributed by atoms with van der Waals surface area (Å²) in [4.78, 5) is 25.7. The molecule has 2 amide bonds. The number of benzene rings is 1. The number of carbonyl (C=O) groups is 2. The van der Waals surface area contributed by atoms with Crippen molar-refractivity contribution in [3.8, 4) is 11.5 Å². The summed E-state index contributed by atoms with van der Waals surface area (Å²) < 4.78 is 10.4. The van der Waals surface area contributed by atoms with Crippen molar-refractivity contribution in [1.82, 2.24) is 5.32 Å². The Hall–Kier alpha value is -2.54. The van der Waals surface area contributed by atoms with E-state index in [1.54, 1.807) is 32.4 Å². The van der Waals surface area contributed by atoms with Crippen LogP contribution in [0.5, 0.6) is 11.5 Å². The summed E-state index contributed by atoms with van der Waals surface area (Å²) in [5.74, 6) is 0.422. The van der Waals surface area contributed by atoms with Gasteiger partial charge in [-0.3, -0.25) is 9.59 Å². The molecule has 6 nitrogen and oxygen atoms in total. The van der Waals surface area contributed by atoms with Crippen LogP contribution in [0.1, 0.15) is 31.2 Å². The normalized spacial score (nSPS) is 10.2. The first-order chi connectivity index (χ1) is 11.4. The predicted molar refractivity (Wildman–Crippen MR) is 94.7 cm³/mol. The van der Waals surface area contributed by atoms with Gasteiger partial charge in [0.05, 0.1) is 25.3 Å². The third-order valence-electron chi connectivity index (χ3n) is 3.72. The average Bonchev–Trinajstić information content (AvgIpc) is 2.87. The first kappa shape index (κ1) is 17.8. The van der Waals surface area contributed by atoms with E-state index in [0.717, 1.165) is 10.4 Å². The predicted octanol–water partition coefficient (Wildman–Crippen LogP) is 2.99. The fourth-order valence-corrected chi connectivity index (χ4v) is 3.32. The van der Waals surface area contributed by atoms with Crippen LogP contribution < -0.4 is 20.1 Å². The van der Waals surface area contributed by atoms with Crippen LogP contribution in [-0.2, 0) is 0 Å². The zero-order valence-electron chi connectivity index (χ0n) is 14.3. The van der Waals surface area contributed by atoms with Gasteiger partial charge in [0, 0.05) is 18.0 Å². The molecule has 0 aliphatic carbocycles. The monoisotopic (exact) mass is 348 g/mol. The van der Waals surface area contributed by atoms with Gasteiger partial charge < -0.3 is 20.1 Å². The van der Waals surface area contributed by atoms with Crippen molar-refractivity contribution in [1.29, 1.82) is 0 Å². The molecule has 2 N–H and O–H groups in total. The number of methoxy groups -OCH3 is 2. The van der Waals surface area contributed by atoms with Crippen LogP contribution in [0.4, 0.5) is 5.00 Å². The van der Waals surface area contributed by atoms with Crippen molar-refractivity contribution in [3.05, 3.63) is 39.8 Å². The average molecular weight is 348 g/mol. The largest absolute Gasteiger partial charge is 0.497 e. The number of ether oxygens (including phenoxy) is 2. The number of hydrogen-bond acceptors (Lipinski definition) is 5. The van der Waals surface area contributed by atoms with Gasteiger partial charge in [0.25, 0.3) is 11.8 Å². The second-order valence-electron chi connectivity index (χ2n) is 5.09. The minimum absolute atomic E-state index is 0.228. The van der Waals surface area contributed by atoms with E-state index in [4.69, 9.17) is 9.47 Å². The van der Waals surface area contributed by atoms with Gasteiger partial charge in [-0.15, -0.1) is 11.3 Å². The molecule has 7 heteroatoms. The lowest BCUT2D eigenvalue weighted by Crippen LogP contribution is -2.21. The molecule has 0 aliphatic rings. The first-order valence-electron chi connectivity index (χ1n) is 7.28. The number of anilines is 1. The van der Waals surface area contributed by atoms with Crippen molar-refractivity contribution < 1.29 is 19.1 Å². The number of amides is 2. The maximum absolute atomic E-state index is 12.6. The van der Waals surface area contributed by atoms with Crippen LogP contribution in [0, 0.1) is 13.8 Å². The minimum atomic E-state index is -0.346. The lowest BCUT2D eigenvalue weighted by Gasteiger charge is -2.11. The van der Waals surface area contributed by atoms with E-state index in [0.29, 0.717) is 27.6 Å². The first-order valence-corrected chi connectivity index (χ1v) is 8.10. The molecule has 1 aromatic heterocycles. The number of rotatable bonds is 5. The Morgan fingerprint density at radius 2 is 1.79 bits per heavy atom. The van der Waals surface area contributed by atoms with E-state index >= 15 is 0 Å². The van der Waals surface area contributed by atoms with Crippen LogP contribution >= 0.6 is 11.3 Å². The number of hydrogen-bond donors (Lipinski definition) is 2. The molecule has 24 heavy (non-hydrogen) atoms. The van der Waals surface area contributed by atoms with Gasteiger partial charge in [-0.1, -0.05) is 0 Å². The maximum Gasteiger partial charge on any atom is 0.260 e. The quantitative estimate of drug-likeness (QED) is 0.871. The van der Waals surface area contributed by atoms with Crippen molar-refractivity contribution in [2.75, 3.05) is 26.6 Å². The zero-order chi connectivity index (χ0) is 17.9. The van der Waals surface area contributed by atoms with Gasteiger partial charge in [0.1, 0.15) is 16.5 Å². The summed E-state index contributed by atoms with van der Waals surface area (Å²) in [5, 5.41) is 5.94. The molecule has 2 aromatic rings. The topological polar surface area (TPSA) is 76.7 Å². The molecule has 0 fully saturated rings. The molecule has 0 saturated heterocycles. The third kappa shape index (κ3) is 3.35. The van der Waals surface area contributed by atoms with Crippen LogP contribution in [0.15, 0.2) is 18.2 Å². The van der Waals surface area contributed by atoms with Crippen molar-refractivity contribution in [2.24, 2.45) is 0 Å². The molecule has 2 rings (SSSR count). The number of nitrogens with one attached hydrogen (secondary N) is 2. The summed E-state index contributed by atoms with van der Waals surface area (Å²) in [5.41, 5.74) is 1.71. The lowest BCUT2D eigenvalue weighted by molar-refractivity contribution is 0.0963. The maximum atomic E-state index is 12.6. The molecule has 0 bridgehead atoms. The van der Waals surface area contributed by atoms with E-state index in [-0.39, 0.29) is 11.8 Å². The second kappa shape index (κ2) is 7.35. The van der Waals surface area contributed by atoms with Gasteiger partial charge in [-0.25, -0.2) is 0 Å². The molecule has 128 valence electrons. The summed E-state index contributed by atoms with van der Waals surface area (Å²) >= 11 is 1.37. The molecule has 0 atom stereocenters. The molecule has 0 radical (unpaired) electrons. The molecule has 1 aromatic carbocycles. The fraction of sp³-hybridized carbons (Fsp3) is 0.294. The van der Waals surface area contributed by atoms with Crippen LogP contribution in [0.2, 0.25) is 0 Å². The van der Waals surface area contributed by atoms with Gasteiger partial charge in [-0.2, -0.15) is 0 Å². The highest BCUT2D eigenvalue weighted by Gasteiger charge is 2.22. The van der Waals surface area contributed by atoms with Crippen LogP contribution in [0.3, 0.4) is 0 Å². The van der Waals surface area contributed by atoms with Crippen molar-refractivity contribution in [2.45, 2.75) is 13.8 Å². The zero-order valence-corrected chi connectivity index (χ0v) is 15.1. The van der Waals surface area contributed by atoms with E-state index < -0.39 is 0 Å². The van der Waals surface area contributed by atoms with Gasteiger partial charge in [-0.05, 0) is 31.5 Å². The SMILES string of the molecule is CNC(=O)c1c(NC(=O)c2ccc(OC)cc2OC)sc(C)c1C. The lowest BCUT2D eigenvalue weighted by atomic mass is 10.1. The number of aryl methyl sites for hydroxylation is 1. The Morgan fingerprint density at radius 3 is 2.38 bits per heavy atom. The number of thiophene rings is 1. The molecule has 1 heterocycles. The van der Waals surface area contributed by atoms with Crippen LogP contribution in [0.25, 0.3) is 0 Å². The van der Waals surface area contributed by atoms with E-state index in [9.17, 15) is 9.59 Å². The smallest absolute Gasteiger partial charge is 0.260 e. The standard InChI is InChI=1S/C17H20N2O4S/c1-9-10(2)24-17(14(9)16(21)18-3)19-15(20)12-7-6-11(22-4)8-13(12)23-5/h6-8H,1-5H3,(H,18,21)(H,19,20). The van der Waals surface area contributed by atoms with Gasteiger partial charge in [0.2, 0.25) is 0 Å². The van der Waals surface area contributed by atoms with E-state index in [1.807, 2.05) is 13.8 Å². The molecule has 0 spiro atoms. The summed E-state index contributed by atoms with van der Waals surface area (Å²) in [6.07, 6.45) is 0. The van der Waals surface area contributed by atoms with Crippen molar-refractivity contribution in [3.63, 3.8) is 0 Å². The Labute approximate surface area is 144 Å². The molecular weight excluding hydrogens is 328 g/mol. The van der Waals surface area contributed by atoms with Crippen LogP contribution in [-0.4, -0.2) is 33.1 Å². The third-order valence-corrected chi connectivity index (χ3v) is 4.84. The van der Waals surface area contributed by atoms with Gasteiger partial charge in [0.15, 0.2) is 0 Å². The molecular formula is C17H20N2O4S. The Kier molecular flexibility index (Phi) is 5.46. The van der Waals surface area contributed by atoms with Crippen molar-refractivity contribution >= 4 is 28.2 Å². The molecule has 0 aliphatic heterocycles. The summed E-state index contributed by atoms with van der Waals surface area (Å²) in [6.45, 7) is 3.77.